The maximum absolute atomic E-state index is 4.69. The molecule has 0 aliphatic carbocycles. The third kappa shape index (κ3) is 3.58. The lowest BCUT2D eigenvalue weighted by Crippen LogP contribution is -2.30. The molecule has 0 radical (unpaired) electrons. The van der Waals surface area contributed by atoms with Crippen molar-refractivity contribution in [2.45, 2.75) is 54.0 Å². The maximum atomic E-state index is 4.69. The highest BCUT2D eigenvalue weighted by molar-refractivity contribution is 5.91. The van der Waals surface area contributed by atoms with Gasteiger partial charge in [-0.25, -0.2) is 0 Å². The van der Waals surface area contributed by atoms with Gasteiger partial charge in [0.2, 0.25) is 0 Å². The van der Waals surface area contributed by atoms with Crippen LogP contribution in [0.2, 0.25) is 0 Å². The molecule has 0 saturated carbocycles. The number of nitrogens with zero attached hydrogens (tertiary/aromatic N) is 2. The molecule has 2 unspecified atom stereocenters. The van der Waals surface area contributed by atoms with Crippen molar-refractivity contribution in [2.75, 3.05) is 6.54 Å². The Kier molecular flexibility index (Phi) is 4.40. The molecule has 1 aliphatic rings. The molecule has 2 nitrogen and oxygen atoms in total. The molecule has 0 aromatic rings. The van der Waals surface area contributed by atoms with Gasteiger partial charge in [-0.05, 0) is 36.7 Å². The highest BCUT2D eigenvalue weighted by atomic mass is 15.5. The molecule has 0 aromatic heterocycles. The van der Waals surface area contributed by atoms with Crippen LogP contribution in [0.3, 0.4) is 0 Å². The van der Waals surface area contributed by atoms with Gasteiger partial charge in [-0.1, -0.05) is 41.2 Å². The Morgan fingerprint density at radius 3 is 2.41 bits per heavy atom. The average molecular weight is 236 g/mol. The van der Waals surface area contributed by atoms with Crippen molar-refractivity contribution in [3.63, 3.8) is 0 Å². The molecule has 0 spiro atoms. The van der Waals surface area contributed by atoms with E-state index in [0.717, 1.165) is 18.2 Å². The van der Waals surface area contributed by atoms with Crippen molar-refractivity contribution >= 4 is 5.71 Å². The van der Waals surface area contributed by atoms with E-state index < -0.39 is 0 Å². The average Bonchev–Trinajstić information content (AvgIpc) is 2.61. The lowest BCUT2D eigenvalue weighted by atomic mass is 9.78. The largest absolute Gasteiger partial charge is 0.293 e. The van der Waals surface area contributed by atoms with Gasteiger partial charge in [-0.2, -0.15) is 5.10 Å². The third-order valence-electron chi connectivity index (χ3n) is 3.89. The Labute approximate surface area is 107 Å². The third-order valence-corrected chi connectivity index (χ3v) is 3.89. The minimum Gasteiger partial charge on any atom is -0.293 e. The standard InChI is InChI=1S/C15H28N2/c1-8-12(4)16-17-10-13(15(5,6)7)9-14(17)11(2)3/h8,11,13-14H,1,9-10H2,2-7H3/b16-12+. The summed E-state index contributed by atoms with van der Waals surface area (Å²) in [6.07, 6.45) is 3.09. The fourth-order valence-corrected chi connectivity index (χ4v) is 2.45. The van der Waals surface area contributed by atoms with Crippen LogP contribution in [0.1, 0.15) is 48.0 Å². The van der Waals surface area contributed by atoms with Crippen LogP contribution in [0.15, 0.2) is 17.8 Å². The van der Waals surface area contributed by atoms with E-state index >= 15 is 0 Å². The molecule has 1 rings (SSSR count). The number of hydrogen-bond acceptors (Lipinski definition) is 2. The van der Waals surface area contributed by atoms with Crippen LogP contribution in [0.5, 0.6) is 0 Å². The predicted molar refractivity (Wildman–Crippen MR) is 76.2 cm³/mol. The first-order chi connectivity index (χ1) is 7.75. The summed E-state index contributed by atoms with van der Waals surface area (Å²) >= 11 is 0. The topological polar surface area (TPSA) is 15.6 Å². The van der Waals surface area contributed by atoms with Crippen molar-refractivity contribution in [1.82, 2.24) is 5.01 Å². The summed E-state index contributed by atoms with van der Waals surface area (Å²) in [6.45, 7) is 18.5. The molecule has 1 fully saturated rings. The van der Waals surface area contributed by atoms with Crippen molar-refractivity contribution in [3.05, 3.63) is 12.7 Å². The molecular weight excluding hydrogens is 208 g/mol. The number of rotatable bonds is 3. The van der Waals surface area contributed by atoms with Gasteiger partial charge in [-0.3, -0.25) is 5.01 Å². The predicted octanol–water partition coefficient (Wildman–Crippen LogP) is 3.94. The van der Waals surface area contributed by atoms with Crippen molar-refractivity contribution in [2.24, 2.45) is 22.4 Å². The van der Waals surface area contributed by atoms with Gasteiger partial charge >= 0.3 is 0 Å². The molecule has 0 aromatic carbocycles. The fourth-order valence-electron chi connectivity index (χ4n) is 2.45. The summed E-state index contributed by atoms with van der Waals surface area (Å²) in [5, 5.41) is 6.98. The van der Waals surface area contributed by atoms with E-state index in [2.05, 4.69) is 46.2 Å². The Morgan fingerprint density at radius 2 is 2.00 bits per heavy atom. The normalized spacial score (nSPS) is 26.8. The zero-order valence-corrected chi connectivity index (χ0v) is 12.3. The van der Waals surface area contributed by atoms with E-state index in [-0.39, 0.29) is 0 Å². The van der Waals surface area contributed by atoms with Gasteiger partial charge in [0.15, 0.2) is 0 Å². The first-order valence-electron chi connectivity index (χ1n) is 6.70. The molecular formula is C15H28N2. The van der Waals surface area contributed by atoms with Gasteiger partial charge in [0.1, 0.15) is 0 Å². The lowest BCUT2D eigenvalue weighted by molar-refractivity contribution is 0.205. The summed E-state index contributed by atoms with van der Waals surface area (Å²) in [7, 11) is 0. The quantitative estimate of drug-likeness (QED) is 0.678. The second kappa shape index (κ2) is 5.24. The van der Waals surface area contributed by atoms with Crippen LogP contribution < -0.4 is 0 Å². The van der Waals surface area contributed by atoms with Crippen LogP contribution in [-0.4, -0.2) is 23.3 Å². The summed E-state index contributed by atoms with van der Waals surface area (Å²) in [6, 6.07) is 0.578. The molecule has 2 atom stereocenters. The van der Waals surface area contributed by atoms with Crippen LogP contribution in [0, 0.1) is 17.3 Å². The van der Waals surface area contributed by atoms with Crippen molar-refractivity contribution in [1.29, 1.82) is 0 Å². The summed E-state index contributed by atoms with van der Waals surface area (Å²) in [5.74, 6) is 1.39. The van der Waals surface area contributed by atoms with E-state index in [1.165, 1.54) is 6.42 Å². The minimum absolute atomic E-state index is 0.374. The molecule has 0 N–H and O–H groups in total. The molecule has 1 aliphatic heterocycles. The fraction of sp³-hybridized carbons (Fsp3) is 0.800. The Hall–Kier alpha value is -0.790. The van der Waals surface area contributed by atoms with E-state index in [0.29, 0.717) is 17.4 Å². The Balaban J connectivity index is 2.85. The molecule has 1 saturated heterocycles. The molecule has 17 heavy (non-hydrogen) atoms. The van der Waals surface area contributed by atoms with Crippen LogP contribution >= 0.6 is 0 Å². The second-order valence-electron chi connectivity index (χ2n) is 6.68. The van der Waals surface area contributed by atoms with E-state index in [1.807, 2.05) is 13.0 Å². The molecule has 2 heteroatoms. The number of hydrazone groups is 1. The lowest BCUT2D eigenvalue weighted by Gasteiger charge is -2.26. The van der Waals surface area contributed by atoms with Crippen LogP contribution in [-0.2, 0) is 0 Å². The van der Waals surface area contributed by atoms with Gasteiger partial charge in [-0.15, -0.1) is 0 Å². The van der Waals surface area contributed by atoms with E-state index in [1.54, 1.807) is 0 Å². The van der Waals surface area contributed by atoms with Gasteiger partial charge in [0, 0.05) is 12.6 Å². The minimum atomic E-state index is 0.374. The molecule has 0 amide bonds. The highest BCUT2D eigenvalue weighted by Crippen LogP contribution is 2.39. The molecule has 1 heterocycles. The first-order valence-corrected chi connectivity index (χ1v) is 6.70. The second-order valence-corrected chi connectivity index (χ2v) is 6.68. The van der Waals surface area contributed by atoms with Crippen LogP contribution in [0.25, 0.3) is 0 Å². The smallest absolute Gasteiger partial charge is 0.0568 e. The van der Waals surface area contributed by atoms with Crippen molar-refractivity contribution in [3.8, 4) is 0 Å². The summed E-state index contributed by atoms with van der Waals surface area (Å²) in [4.78, 5) is 0. The van der Waals surface area contributed by atoms with E-state index in [4.69, 9.17) is 5.10 Å². The molecule has 98 valence electrons. The van der Waals surface area contributed by atoms with E-state index in [9.17, 15) is 0 Å². The van der Waals surface area contributed by atoms with Gasteiger partial charge < -0.3 is 0 Å². The Morgan fingerprint density at radius 1 is 1.41 bits per heavy atom. The van der Waals surface area contributed by atoms with Gasteiger partial charge in [0.25, 0.3) is 0 Å². The first kappa shape index (κ1) is 14.3. The molecule has 0 bridgehead atoms. The monoisotopic (exact) mass is 236 g/mol. The summed E-state index contributed by atoms with van der Waals surface area (Å²) in [5.41, 5.74) is 1.39. The zero-order chi connectivity index (χ0) is 13.2. The highest BCUT2D eigenvalue weighted by Gasteiger charge is 2.38. The number of allylic oxidation sites excluding steroid dienone is 1. The maximum Gasteiger partial charge on any atom is 0.0568 e. The van der Waals surface area contributed by atoms with Crippen molar-refractivity contribution < 1.29 is 0 Å². The summed E-state index contributed by atoms with van der Waals surface area (Å²) < 4.78 is 0. The SMILES string of the molecule is C=C/C(C)=N/N1CC(C(C)(C)C)CC1C(C)C. The van der Waals surface area contributed by atoms with Crippen LogP contribution in [0.4, 0.5) is 0 Å². The van der Waals surface area contributed by atoms with Gasteiger partial charge in [0.05, 0.1) is 5.71 Å². The Bertz CT molecular complexity index is 297. The number of hydrogen-bond donors (Lipinski definition) is 0. The zero-order valence-electron chi connectivity index (χ0n) is 12.3.